The van der Waals surface area contributed by atoms with Gasteiger partial charge in [-0.2, -0.15) is 0 Å². The fraction of sp³-hybridized carbons (Fsp3) is 0.462. The largest absolute Gasteiger partial charge is 0.496 e. The van der Waals surface area contributed by atoms with Crippen molar-refractivity contribution in [3.63, 3.8) is 0 Å². The quantitative estimate of drug-likeness (QED) is 0.846. The molecule has 86 valence electrons. The number of carbonyl (C=O) groups is 1. The van der Waals surface area contributed by atoms with Crippen molar-refractivity contribution >= 4 is 21.7 Å². The van der Waals surface area contributed by atoms with Gasteiger partial charge in [0.25, 0.3) is 0 Å². The molecule has 0 bridgehead atoms. The monoisotopic (exact) mass is 282 g/mol. The number of ether oxygens (including phenoxy) is 1. The molecule has 0 heterocycles. The zero-order valence-corrected chi connectivity index (χ0v) is 11.1. The maximum absolute atomic E-state index is 11.5. The second kappa shape index (κ2) is 4.21. The Morgan fingerprint density at radius 1 is 1.50 bits per heavy atom. The lowest BCUT2D eigenvalue weighted by molar-refractivity contribution is -0.121. The first kappa shape index (κ1) is 11.6. The van der Waals surface area contributed by atoms with Crippen molar-refractivity contribution in [3.8, 4) is 5.75 Å². The highest BCUT2D eigenvalue weighted by Gasteiger charge is 2.46. The average molecular weight is 283 g/mol. The van der Waals surface area contributed by atoms with Crippen molar-refractivity contribution in [2.24, 2.45) is 5.41 Å². The molecule has 0 radical (unpaired) electrons. The molecule has 16 heavy (non-hydrogen) atoms. The molecule has 1 aliphatic carbocycles. The molecule has 0 N–H and O–H groups in total. The highest BCUT2D eigenvalue weighted by molar-refractivity contribution is 9.10. The van der Waals surface area contributed by atoms with Crippen molar-refractivity contribution in [1.82, 2.24) is 0 Å². The zero-order chi connectivity index (χ0) is 11.8. The SMILES string of the molecule is COc1ccc(CC2(C(C)=O)CC2)cc1Br. The van der Waals surface area contributed by atoms with Crippen molar-refractivity contribution in [3.05, 3.63) is 28.2 Å². The minimum atomic E-state index is -0.0615. The minimum absolute atomic E-state index is 0.0615. The van der Waals surface area contributed by atoms with E-state index < -0.39 is 0 Å². The lowest BCUT2D eigenvalue weighted by Crippen LogP contribution is -2.14. The molecule has 0 saturated heterocycles. The van der Waals surface area contributed by atoms with Gasteiger partial charge in [-0.1, -0.05) is 6.07 Å². The summed E-state index contributed by atoms with van der Waals surface area (Å²) in [6.45, 7) is 1.70. The van der Waals surface area contributed by atoms with Crippen molar-refractivity contribution < 1.29 is 9.53 Å². The third-order valence-corrected chi connectivity index (χ3v) is 3.98. The molecule has 1 fully saturated rings. The summed E-state index contributed by atoms with van der Waals surface area (Å²) in [6, 6.07) is 6.02. The number of rotatable bonds is 4. The molecule has 1 aromatic carbocycles. The van der Waals surface area contributed by atoms with Crippen molar-refractivity contribution in [2.45, 2.75) is 26.2 Å². The van der Waals surface area contributed by atoms with Gasteiger partial charge in [-0.15, -0.1) is 0 Å². The molecule has 0 amide bonds. The van der Waals surface area contributed by atoms with E-state index in [1.54, 1.807) is 14.0 Å². The zero-order valence-electron chi connectivity index (χ0n) is 9.55. The predicted octanol–water partition coefficient (Wildman–Crippen LogP) is 3.37. The first-order chi connectivity index (χ1) is 7.57. The number of hydrogen-bond donors (Lipinski definition) is 0. The lowest BCUT2D eigenvalue weighted by Gasteiger charge is -2.12. The maximum Gasteiger partial charge on any atom is 0.136 e. The Morgan fingerprint density at radius 2 is 2.19 bits per heavy atom. The fourth-order valence-electron chi connectivity index (χ4n) is 2.01. The first-order valence-corrected chi connectivity index (χ1v) is 6.20. The number of Topliss-reactive ketones (excluding diaryl/α,β-unsaturated/α-hetero) is 1. The summed E-state index contributed by atoms with van der Waals surface area (Å²) in [5.74, 6) is 1.15. The molecule has 0 aliphatic heterocycles. The van der Waals surface area contributed by atoms with Crippen molar-refractivity contribution in [1.29, 1.82) is 0 Å². The normalized spacial score (nSPS) is 16.9. The van der Waals surface area contributed by atoms with E-state index in [1.807, 2.05) is 18.2 Å². The lowest BCUT2D eigenvalue weighted by atomic mass is 9.93. The Bertz CT molecular complexity index is 422. The van der Waals surface area contributed by atoms with E-state index in [9.17, 15) is 4.79 Å². The number of carbonyl (C=O) groups excluding carboxylic acids is 1. The summed E-state index contributed by atoms with van der Waals surface area (Å²) in [5.41, 5.74) is 1.13. The molecule has 2 rings (SSSR count). The first-order valence-electron chi connectivity index (χ1n) is 5.41. The van der Waals surface area contributed by atoms with Gasteiger partial charge in [-0.25, -0.2) is 0 Å². The van der Waals surface area contributed by atoms with Gasteiger partial charge in [0.2, 0.25) is 0 Å². The minimum Gasteiger partial charge on any atom is -0.496 e. The number of methoxy groups -OCH3 is 1. The second-order valence-electron chi connectivity index (χ2n) is 4.48. The molecule has 1 aromatic rings. The van der Waals surface area contributed by atoms with E-state index >= 15 is 0 Å². The molecule has 1 saturated carbocycles. The molecule has 0 atom stereocenters. The van der Waals surface area contributed by atoms with Gasteiger partial charge in [0.15, 0.2) is 0 Å². The van der Waals surface area contributed by atoms with Gasteiger partial charge in [-0.05, 0) is 59.8 Å². The third-order valence-electron chi connectivity index (χ3n) is 3.36. The molecule has 0 unspecified atom stereocenters. The predicted molar refractivity (Wildman–Crippen MR) is 66.7 cm³/mol. The molecular formula is C13H15BrO2. The van der Waals surface area contributed by atoms with E-state index in [1.165, 1.54) is 5.56 Å². The summed E-state index contributed by atoms with van der Waals surface area (Å²) in [7, 11) is 1.65. The van der Waals surface area contributed by atoms with Gasteiger partial charge in [0.05, 0.1) is 11.6 Å². The summed E-state index contributed by atoms with van der Waals surface area (Å²) >= 11 is 3.46. The number of ketones is 1. The van der Waals surface area contributed by atoms with Crippen LogP contribution in [0, 0.1) is 5.41 Å². The highest BCUT2D eigenvalue weighted by atomic mass is 79.9. The van der Waals surface area contributed by atoms with Gasteiger partial charge in [-0.3, -0.25) is 4.79 Å². The molecule has 0 spiro atoms. The fourth-order valence-corrected chi connectivity index (χ4v) is 2.60. The van der Waals surface area contributed by atoms with Gasteiger partial charge in [0, 0.05) is 5.41 Å². The van der Waals surface area contributed by atoms with Crippen LogP contribution in [-0.2, 0) is 11.2 Å². The third kappa shape index (κ3) is 2.14. The van der Waals surface area contributed by atoms with Crippen LogP contribution in [0.3, 0.4) is 0 Å². The Kier molecular flexibility index (Phi) is 3.06. The van der Waals surface area contributed by atoms with Gasteiger partial charge < -0.3 is 4.74 Å². The van der Waals surface area contributed by atoms with E-state index in [0.717, 1.165) is 29.5 Å². The molecule has 2 nitrogen and oxygen atoms in total. The van der Waals surface area contributed by atoms with Crippen LogP contribution in [0.1, 0.15) is 25.3 Å². The van der Waals surface area contributed by atoms with Gasteiger partial charge in [0.1, 0.15) is 11.5 Å². The van der Waals surface area contributed by atoms with E-state index in [2.05, 4.69) is 15.9 Å². The van der Waals surface area contributed by atoms with E-state index in [4.69, 9.17) is 4.74 Å². The van der Waals surface area contributed by atoms with Crippen LogP contribution >= 0.6 is 15.9 Å². The molecule has 1 aliphatic rings. The van der Waals surface area contributed by atoms with Crippen LogP contribution in [0.5, 0.6) is 5.75 Å². The highest BCUT2D eigenvalue weighted by Crippen LogP contribution is 2.49. The smallest absolute Gasteiger partial charge is 0.136 e. The summed E-state index contributed by atoms with van der Waals surface area (Å²) in [6.07, 6.45) is 2.92. The number of halogens is 1. The van der Waals surface area contributed by atoms with Crippen LogP contribution in [0.25, 0.3) is 0 Å². The van der Waals surface area contributed by atoms with Gasteiger partial charge >= 0.3 is 0 Å². The Hall–Kier alpha value is -0.830. The standard InChI is InChI=1S/C13H15BrO2/c1-9(15)13(5-6-13)8-10-3-4-12(16-2)11(14)7-10/h3-4,7H,5-6,8H2,1-2H3. The number of hydrogen-bond acceptors (Lipinski definition) is 2. The summed E-state index contributed by atoms with van der Waals surface area (Å²) < 4.78 is 6.13. The summed E-state index contributed by atoms with van der Waals surface area (Å²) in [4.78, 5) is 11.5. The van der Waals surface area contributed by atoms with E-state index in [-0.39, 0.29) is 5.41 Å². The van der Waals surface area contributed by atoms with Crippen LogP contribution < -0.4 is 4.74 Å². The van der Waals surface area contributed by atoms with Crippen LogP contribution in [-0.4, -0.2) is 12.9 Å². The Labute approximate surface area is 104 Å². The Morgan fingerprint density at radius 3 is 2.62 bits per heavy atom. The van der Waals surface area contributed by atoms with Crippen LogP contribution in [0.2, 0.25) is 0 Å². The van der Waals surface area contributed by atoms with Crippen molar-refractivity contribution in [2.75, 3.05) is 7.11 Å². The Balaban J connectivity index is 2.17. The maximum atomic E-state index is 11.5. The number of benzene rings is 1. The van der Waals surface area contributed by atoms with Crippen LogP contribution in [0.15, 0.2) is 22.7 Å². The molecule has 3 heteroatoms. The topological polar surface area (TPSA) is 26.3 Å². The van der Waals surface area contributed by atoms with Crippen LogP contribution in [0.4, 0.5) is 0 Å². The average Bonchev–Trinajstić information content (AvgIpc) is 2.99. The molecule has 0 aromatic heterocycles. The van der Waals surface area contributed by atoms with E-state index in [0.29, 0.717) is 5.78 Å². The molecular weight excluding hydrogens is 268 g/mol. The second-order valence-corrected chi connectivity index (χ2v) is 5.34. The summed E-state index contributed by atoms with van der Waals surface area (Å²) in [5, 5.41) is 0.